The first-order valence-corrected chi connectivity index (χ1v) is 6.55. The van der Waals surface area contributed by atoms with Crippen LogP contribution in [-0.4, -0.2) is 9.78 Å². The van der Waals surface area contributed by atoms with Crippen molar-refractivity contribution in [3.8, 4) is 5.75 Å². The molecule has 3 rings (SSSR count). The molecule has 0 atom stereocenters. The second-order valence-electron chi connectivity index (χ2n) is 4.86. The van der Waals surface area contributed by atoms with E-state index in [0.29, 0.717) is 18.0 Å². The normalized spacial score (nSPS) is 10.9. The summed E-state index contributed by atoms with van der Waals surface area (Å²) < 4.78 is 7.69. The Kier molecular flexibility index (Phi) is 3.06. The number of benzene rings is 2. The number of aryl methyl sites for hydroxylation is 2. The molecule has 2 N–H and O–H groups in total. The minimum absolute atomic E-state index is 0.412. The highest BCUT2D eigenvalue weighted by Crippen LogP contribution is 2.26. The molecule has 1 heterocycles. The molecule has 102 valence electrons. The van der Waals surface area contributed by atoms with Crippen molar-refractivity contribution in [3.05, 3.63) is 53.7 Å². The molecular weight excluding hydrogens is 250 g/mol. The Labute approximate surface area is 117 Å². The SMILES string of the molecule is Cc1cccc(OCc2nn(C)c3ccccc23)c1N. The maximum atomic E-state index is 6.01. The van der Waals surface area contributed by atoms with E-state index in [1.807, 2.05) is 55.1 Å². The summed E-state index contributed by atoms with van der Waals surface area (Å²) >= 11 is 0. The lowest BCUT2D eigenvalue weighted by Gasteiger charge is -2.09. The highest BCUT2D eigenvalue weighted by molar-refractivity contribution is 5.81. The maximum Gasteiger partial charge on any atom is 0.143 e. The summed E-state index contributed by atoms with van der Waals surface area (Å²) in [6.07, 6.45) is 0. The standard InChI is InChI=1S/C16H17N3O/c1-11-6-5-9-15(16(11)17)20-10-13-12-7-3-4-8-14(12)19(2)18-13/h3-9H,10,17H2,1-2H3. The average Bonchev–Trinajstić information content (AvgIpc) is 2.78. The number of anilines is 1. The predicted octanol–water partition coefficient (Wildman–Crippen LogP) is 3.04. The smallest absolute Gasteiger partial charge is 0.143 e. The van der Waals surface area contributed by atoms with Gasteiger partial charge in [0, 0.05) is 12.4 Å². The number of ether oxygens (including phenoxy) is 1. The van der Waals surface area contributed by atoms with Crippen LogP contribution in [0.5, 0.6) is 5.75 Å². The van der Waals surface area contributed by atoms with Crippen LogP contribution in [0.25, 0.3) is 10.9 Å². The third-order valence-electron chi connectivity index (χ3n) is 3.48. The summed E-state index contributed by atoms with van der Waals surface area (Å²) in [7, 11) is 1.94. The van der Waals surface area contributed by atoms with Gasteiger partial charge in [0.15, 0.2) is 0 Å². The van der Waals surface area contributed by atoms with Crippen molar-refractivity contribution in [3.63, 3.8) is 0 Å². The molecule has 4 heteroatoms. The monoisotopic (exact) mass is 267 g/mol. The van der Waals surface area contributed by atoms with Gasteiger partial charge in [-0.2, -0.15) is 5.10 Å². The van der Waals surface area contributed by atoms with Gasteiger partial charge in [-0.25, -0.2) is 0 Å². The van der Waals surface area contributed by atoms with Crippen LogP contribution < -0.4 is 10.5 Å². The van der Waals surface area contributed by atoms with Gasteiger partial charge in [0.1, 0.15) is 18.1 Å². The number of fused-ring (bicyclic) bond motifs is 1. The van der Waals surface area contributed by atoms with E-state index >= 15 is 0 Å². The summed E-state index contributed by atoms with van der Waals surface area (Å²) in [6, 6.07) is 13.9. The van der Waals surface area contributed by atoms with E-state index in [1.54, 1.807) is 0 Å². The molecule has 1 aromatic heterocycles. The van der Waals surface area contributed by atoms with Crippen LogP contribution in [0.3, 0.4) is 0 Å². The summed E-state index contributed by atoms with van der Waals surface area (Å²) in [4.78, 5) is 0. The van der Waals surface area contributed by atoms with Crippen LogP contribution in [-0.2, 0) is 13.7 Å². The summed E-state index contributed by atoms with van der Waals surface area (Å²) in [5.41, 5.74) is 9.74. The molecule has 0 aliphatic heterocycles. The van der Waals surface area contributed by atoms with Crippen molar-refractivity contribution in [1.29, 1.82) is 0 Å². The zero-order valence-corrected chi connectivity index (χ0v) is 11.6. The van der Waals surface area contributed by atoms with E-state index in [0.717, 1.165) is 22.2 Å². The summed E-state index contributed by atoms with van der Waals surface area (Å²) in [6.45, 7) is 2.38. The van der Waals surface area contributed by atoms with Gasteiger partial charge in [0.05, 0.1) is 11.2 Å². The Morgan fingerprint density at radius 1 is 1.15 bits per heavy atom. The van der Waals surface area contributed by atoms with E-state index < -0.39 is 0 Å². The molecule has 0 unspecified atom stereocenters. The second kappa shape index (κ2) is 4.89. The van der Waals surface area contributed by atoms with Crippen molar-refractivity contribution in [2.24, 2.45) is 7.05 Å². The third kappa shape index (κ3) is 2.09. The fourth-order valence-corrected chi connectivity index (χ4v) is 2.32. The van der Waals surface area contributed by atoms with Crippen LogP contribution in [0.15, 0.2) is 42.5 Å². The molecule has 0 bridgehead atoms. The number of rotatable bonds is 3. The van der Waals surface area contributed by atoms with E-state index in [1.165, 1.54) is 0 Å². The molecule has 0 saturated carbocycles. The highest BCUT2D eigenvalue weighted by atomic mass is 16.5. The fraction of sp³-hybridized carbons (Fsp3) is 0.188. The van der Waals surface area contributed by atoms with Gasteiger partial charge in [0.2, 0.25) is 0 Å². The number of hydrogen-bond acceptors (Lipinski definition) is 3. The molecule has 0 aliphatic carbocycles. The molecule has 0 saturated heterocycles. The van der Waals surface area contributed by atoms with Crippen molar-refractivity contribution in [2.45, 2.75) is 13.5 Å². The highest BCUT2D eigenvalue weighted by Gasteiger charge is 2.09. The Morgan fingerprint density at radius 3 is 2.80 bits per heavy atom. The minimum atomic E-state index is 0.412. The number of hydrogen-bond donors (Lipinski definition) is 1. The molecule has 3 aromatic rings. The molecule has 0 amide bonds. The number of nitrogen functional groups attached to an aromatic ring is 1. The van der Waals surface area contributed by atoms with Crippen LogP contribution in [0, 0.1) is 6.92 Å². The first-order valence-electron chi connectivity index (χ1n) is 6.55. The molecule has 4 nitrogen and oxygen atoms in total. The first kappa shape index (κ1) is 12.5. The Hall–Kier alpha value is -2.49. The van der Waals surface area contributed by atoms with E-state index in [9.17, 15) is 0 Å². The molecule has 0 fully saturated rings. The largest absolute Gasteiger partial charge is 0.485 e. The lowest BCUT2D eigenvalue weighted by atomic mass is 10.2. The zero-order valence-electron chi connectivity index (χ0n) is 11.6. The number of nitrogens with zero attached hydrogens (tertiary/aromatic N) is 2. The molecule has 20 heavy (non-hydrogen) atoms. The second-order valence-corrected chi connectivity index (χ2v) is 4.86. The molecule has 0 aliphatic rings. The zero-order chi connectivity index (χ0) is 14.1. The third-order valence-corrected chi connectivity index (χ3v) is 3.48. The lowest BCUT2D eigenvalue weighted by Crippen LogP contribution is -2.01. The summed E-state index contributed by atoms with van der Waals surface area (Å²) in [5.74, 6) is 0.708. The van der Waals surface area contributed by atoms with Crippen LogP contribution >= 0.6 is 0 Å². The first-order chi connectivity index (χ1) is 9.66. The fourth-order valence-electron chi connectivity index (χ4n) is 2.32. The van der Waals surface area contributed by atoms with Crippen LogP contribution in [0.2, 0.25) is 0 Å². The van der Waals surface area contributed by atoms with Crippen LogP contribution in [0.4, 0.5) is 5.69 Å². The van der Waals surface area contributed by atoms with Gasteiger partial charge in [-0.1, -0.05) is 30.3 Å². The molecule has 0 spiro atoms. The Balaban J connectivity index is 1.89. The van der Waals surface area contributed by atoms with E-state index in [2.05, 4.69) is 11.2 Å². The van der Waals surface area contributed by atoms with Crippen molar-refractivity contribution >= 4 is 16.6 Å². The predicted molar refractivity (Wildman–Crippen MR) is 80.6 cm³/mol. The van der Waals surface area contributed by atoms with E-state index in [-0.39, 0.29) is 0 Å². The summed E-state index contributed by atoms with van der Waals surface area (Å²) in [5, 5.41) is 5.62. The molecule has 0 radical (unpaired) electrons. The van der Waals surface area contributed by atoms with Crippen molar-refractivity contribution in [1.82, 2.24) is 9.78 Å². The quantitative estimate of drug-likeness (QED) is 0.742. The van der Waals surface area contributed by atoms with Crippen LogP contribution in [0.1, 0.15) is 11.3 Å². The molecule has 2 aromatic carbocycles. The van der Waals surface area contributed by atoms with Gasteiger partial charge in [0.25, 0.3) is 0 Å². The van der Waals surface area contributed by atoms with Gasteiger partial charge < -0.3 is 10.5 Å². The van der Waals surface area contributed by atoms with Gasteiger partial charge in [-0.3, -0.25) is 4.68 Å². The number of aromatic nitrogens is 2. The molecular formula is C16H17N3O. The topological polar surface area (TPSA) is 53.1 Å². The van der Waals surface area contributed by atoms with Crippen molar-refractivity contribution < 1.29 is 4.74 Å². The van der Waals surface area contributed by atoms with Gasteiger partial charge >= 0.3 is 0 Å². The van der Waals surface area contributed by atoms with Crippen molar-refractivity contribution in [2.75, 3.05) is 5.73 Å². The van der Waals surface area contributed by atoms with E-state index in [4.69, 9.17) is 10.5 Å². The number of para-hydroxylation sites is 2. The van der Waals surface area contributed by atoms with Gasteiger partial charge in [-0.05, 0) is 24.6 Å². The Morgan fingerprint density at radius 2 is 1.95 bits per heavy atom. The average molecular weight is 267 g/mol. The maximum absolute atomic E-state index is 6.01. The minimum Gasteiger partial charge on any atom is -0.485 e. The number of nitrogens with two attached hydrogens (primary N) is 1. The lowest BCUT2D eigenvalue weighted by molar-refractivity contribution is 0.303. The Bertz CT molecular complexity index is 762. The van der Waals surface area contributed by atoms with Gasteiger partial charge in [-0.15, -0.1) is 0 Å².